The van der Waals surface area contributed by atoms with Crippen LogP contribution in [0.25, 0.3) is 0 Å². The number of methoxy groups -OCH3 is 1. The lowest BCUT2D eigenvalue weighted by Gasteiger charge is -2.22. The van der Waals surface area contributed by atoms with Gasteiger partial charge in [0.2, 0.25) is 5.91 Å². The van der Waals surface area contributed by atoms with Crippen molar-refractivity contribution >= 4 is 11.7 Å². The first-order valence-corrected chi connectivity index (χ1v) is 5.24. The van der Waals surface area contributed by atoms with E-state index in [1.54, 1.807) is 6.07 Å². The quantitative estimate of drug-likeness (QED) is 0.781. The fourth-order valence-corrected chi connectivity index (χ4v) is 1.87. The Morgan fingerprint density at radius 1 is 1.41 bits per heavy atom. The third-order valence-electron chi connectivity index (χ3n) is 2.81. The van der Waals surface area contributed by atoms with Gasteiger partial charge in [0.15, 0.2) is 5.78 Å². The van der Waals surface area contributed by atoms with Gasteiger partial charge in [0.25, 0.3) is 0 Å². The van der Waals surface area contributed by atoms with Gasteiger partial charge in [-0.05, 0) is 6.07 Å². The van der Waals surface area contributed by atoms with E-state index in [1.807, 2.05) is 0 Å². The summed E-state index contributed by atoms with van der Waals surface area (Å²) in [6.07, 6.45) is -0.184. The van der Waals surface area contributed by atoms with Crippen molar-refractivity contribution in [1.29, 1.82) is 0 Å². The molecule has 1 aromatic rings. The first-order valence-electron chi connectivity index (χ1n) is 5.24. The summed E-state index contributed by atoms with van der Waals surface area (Å²) in [6.45, 7) is 0.154. The Labute approximate surface area is 97.8 Å². The number of amides is 1. The van der Waals surface area contributed by atoms with E-state index >= 15 is 0 Å². The number of rotatable bonds is 2. The molecule has 0 aromatic heterocycles. The van der Waals surface area contributed by atoms with Crippen molar-refractivity contribution in [2.45, 2.75) is 12.3 Å². The standard InChI is InChI=1S/C12H12FNO3/c1-17-7-2-3-8(10(13)4-7)9-6-14-12(16)5-11(9)15/h2-4,9H,5-6H2,1H3,(H,14,16). The number of nitrogens with one attached hydrogen (secondary N) is 1. The molecule has 1 atom stereocenters. The summed E-state index contributed by atoms with van der Waals surface area (Å²) < 4.78 is 18.6. The second-order valence-electron chi connectivity index (χ2n) is 3.89. The van der Waals surface area contributed by atoms with Gasteiger partial charge in [0.1, 0.15) is 11.6 Å². The van der Waals surface area contributed by atoms with Crippen molar-refractivity contribution in [3.8, 4) is 5.75 Å². The van der Waals surface area contributed by atoms with Gasteiger partial charge in [-0.2, -0.15) is 0 Å². The molecule has 1 amide bonds. The summed E-state index contributed by atoms with van der Waals surface area (Å²) in [6, 6.07) is 4.36. The summed E-state index contributed by atoms with van der Waals surface area (Å²) in [5.41, 5.74) is 0.302. The van der Waals surface area contributed by atoms with Gasteiger partial charge in [-0.1, -0.05) is 6.07 Å². The van der Waals surface area contributed by atoms with Crippen LogP contribution < -0.4 is 10.1 Å². The van der Waals surface area contributed by atoms with Gasteiger partial charge in [-0.15, -0.1) is 0 Å². The lowest BCUT2D eigenvalue weighted by atomic mass is 9.90. The molecule has 0 saturated carbocycles. The molecule has 1 unspecified atom stereocenters. The molecule has 5 heteroatoms. The van der Waals surface area contributed by atoms with E-state index in [-0.39, 0.29) is 24.7 Å². The highest BCUT2D eigenvalue weighted by Crippen LogP contribution is 2.26. The molecule has 1 N–H and O–H groups in total. The van der Waals surface area contributed by atoms with E-state index in [0.29, 0.717) is 11.3 Å². The van der Waals surface area contributed by atoms with Crippen LogP contribution in [0, 0.1) is 5.82 Å². The minimum atomic E-state index is -0.599. The number of ether oxygens (including phenoxy) is 1. The Morgan fingerprint density at radius 3 is 2.76 bits per heavy atom. The third-order valence-corrected chi connectivity index (χ3v) is 2.81. The Morgan fingerprint density at radius 2 is 2.18 bits per heavy atom. The smallest absolute Gasteiger partial charge is 0.227 e. The Hall–Kier alpha value is -1.91. The van der Waals surface area contributed by atoms with Crippen LogP contribution >= 0.6 is 0 Å². The lowest BCUT2D eigenvalue weighted by molar-refractivity contribution is -0.131. The van der Waals surface area contributed by atoms with Crippen LogP contribution in [0.4, 0.5) is 4.39 Å². The Kier molecular flexibility index (Phi) is 3.08. The average Bonchev–Trinajstić information content (AvgIpc) is 2.30. The molecule has 1 aromatic carbocycles. The molecular formula is C12H12FNO3. The van der Waals surface area contributed by atoms with Crippen LogP contribution in [-0.4, -0.2) is 25.3 Å². The number of carbonyl (C=O) groups excluding carboxylic acids is 2. The molecule has 17 heavy (non-hydrogen) atoms. The molecule has 2 rings (SSSR count). The average molecular weight is 237 g/mol. The zero-order chi connectivity index (χ0) is 12.4. The second-order valence-corrected chi connectivity index (χ2v) is 3.89. The SMILES string of the molecule is COc1ccc(C2CNC(=O)CC2=O)c(F)c1. The van der Waals surface area contributed by atoms with Crippen LogP contribution in [0.2, 0.25) is 0 Å². The fourth-order valence-electron chi connectivity index (χ4n) is 1.87. The number of halogens is 1. The molecule has 0 aliphatic carbocycles. The van der Waals surface area contributed by atoms with Gasteiger partial charge in [-0.3, -0.25) is 9.59 Å². The molecule has 0 bridgehead atoms. The van der Waals surface area contributed by atoms with E-state index in [2.05, 4.69) is 5.32 Å². The number of hydrogen-bond donors (Lipinski definition) is 1. The molecular weight excluding hydrogens is 225 g/mol. The van der Waals surface area contributed by atoms with Crippen LogP contribution in [0.1, 0.15) is 17.9 Å². The van der Waals surface area contributed by atoms with Crippen molar-refractivity contribution < 1.29 is 18.7 Å². The van der Waals surface area contributed by atoms with Crippen LogP contribution in [-0.2, 0) is 9.59 Å². The summed E-state index contributed by atoms with van der Waals surface area (Å²) in [7, 11) is 1.44. The van der Waals surface area contributed by atoms with E-state index in [4.69, 9.17) is 4.74 Å². The lowest BCUT2D eigenvalue weighted by Crippen LogP contribution is -2.40. The number of piperidine rings is 1. The fraction of sp³-hybridized carbons (Fsp3) is 0.333. The monoisotopic (exact) mass is 237 g/mol. The minimum Gasteiger partial charge on any atom is -0.497 e. The molecule has 1 aliphatic heterocycles. The maximum Gasteiger partial charge on any atom is 0.227 e. The normalized spacial score (nSPS) is 20.0. The first kappa shape index (κ1) is 11.6. The highest BCUT2D eigenvalue weighted by atomic mass is 19.1. The number of carbonyl (C=O) groups is 2. The molecule has 1 heterocycles. The van der Waals surface area contributed by atoms with Gasteiger partial charge in [0.05, 0.1) is 19.4 Å². The second kappa shape index (κ2) is 4.53. The van der Waals surface area contributed by atoms with Gasteiger partial charge >= 0.3 is 0 Å². The predicted octanol–water partition coefficient (Wildman–Crippen LogP) is 1.01. The summed E-state index contributed by atoms with van der Waals surface area (Å²) in [4.78, 5) is 22.6. The van der Waals surface area contributed by atoms with E-state index < -0.39 is 11.7 Å². The molecule has 0 radical (unpaired) electrons. The largest absolute Gasteiger partial charge is 0.497 e. The Bertz CT molecular complexity index is 473. The van der Waals surface area contributed by atoms with E-state index in [0.717, 1.165) is 0 Å². The number of benzene rings is 1. The van der Waals surface area contributed by atoms with Crippen molar-refractivity contribution in [2.75, 3.05) is 13.7 Å². The summed E-state index contributed by atoms with van der Waals surface area (Å²) >= 11 is 0. The van der Waals surface area contributed by atoms with Crippen molar-refractivity contribution in [2.24, 2.45) is 0 Å². The van der Waals surface area contributed by atoms with Crippen LogP contribution in [0.15, 0.2) is 18.2 Å². The number of hydrogen-bond acceptors (Lipinski definition) is 3. The van der Waals surface area contributed by atoms with Crippen LogP contribution in [0.3, 0.4) is 0 Å². The highest BCUT2D eigenvalue weighted by Gasteiger charge is 2.29. The first-order chi connectivity index (χ1) is 8.11. The molecule has 90 valence electrons. The minimum absolute atomic E-state index is 0.154. The highest BCUT2D eigenvalue weighted by molar-refractivity contribution is 6.03. The number of Topliss-reactive ketones (excluding diaryl/α,β-unsaturated/α-hetero) is 1. The third kappa shape index (κ3) is 2.27. The molecule has 1 saturated heterocycles. The molecule has 1 fully saturated rings. The van der Waals surface area contributed by atoms with Crippen molar-refractivity contribution in [3.05, 3.63) is 29.6 Å². The summed E-state index contributed by atoms with van der Waals surface area (Å²) in [5, 5.41) is 2.56. The van der Waals surface area contributed by atoms with Gasteiger partial charge < -0.3 is 10.1 Å². The summed E-state index contributed by atoms with van der Waals surface area (Å²) in [5.74, 6) is -1.24. The zero-order valence-electron chi connectivity index (χ0n) is 9.33. The van der Waals surface area contributed by atoms with Gasteiger partial charge in [-0.25, -0.2) is 4.39 Å². The predicted molar refractivity (Wildman–Crippen MR) is 58.3 cm³/mol. The zero-order valence-corrected chi connectivity index (χ0v) is 9.33. The number of ketones is 1. The maximum atomic E-state index is 13.7. The molecule has 0 spiro atoms. The van der Waals surface area contributed by atoms with Crippen molar-refractivity contribution in [3.63, 3.8) is 0 Å². The topological polar surface area (TPSA) is 55.4 Å². The van der Waals surface area contributed by atoms with Gasteiger partial charge in [0, 0.05) is 18.2 Å². The maximum absolute atomic E-state index is 13.7. The molecule has 4 nitrogen and oxygen atoms in total. The molecule has 1 aliphatic rings. The Balaban J connectivity index is 2.28. The van der Waals surface area contributed by atoms with Crippen molar-refractivity contribution in [1.82, 2.24) is 5.32 Å². The van der Waals surface area contributed by atoms with E-state index in [9.17, 15) is 14.0 Å². The van der Waals surface area contributed by atoms with E-state index in [1.165, 1.54) is 19.2 Å². The van der Waals surface area contributed by atoms with Crippen LogP contribution in [0.5, 0.6) is 5.75 Å².